The van der Waals surface area contributed by atoms with Gasteiger partial charge >= 0.3 is 0 Å². The molecule has 0 saturated heterocycles. The van der Waals surface area contributed by atoms with Crippen molar-refractivity contribution < 1.29 is 0 Å². The van der Waals surface area contributed by atoms with E-state index in [1.165, 1.54) is 0 Å². The molecule has 8 heteroatoms. The van der Waals surface area contributed by atoms with Crippen molar-refractivity contribution in [3.63, 3.8) is 0 Å². The molecule has 8 nitrogen and oxygen atoms in total. The lowest BCUT2D eigenvalue weighted by molar-refractivity contribution is 0.949. The van der Waals surface area contributed by atoms with Crippen LogP contribution in [0.15, 0.2) is 18.5 Å². The minimum Gasteiger partial charge on any atom is -0.364 e. The zero-order chi connectivity index (χ0) is 14.7. The van der Waals surface area contributed by atoms with Crippen molar-refractivity contribution >= 4 is 22.8 Å². The summed E-state index contributed by atoms with van der Waals surface area (Å²) in [4.78, 5) is 17.3. The highest BCUT2D eigenvalue weighted by Crippen LogP contribution is 2.20. The van der Waals surface area contributed by atoms with E-state index in [1.807, 2.05) is 19.9 Å². The van der Waals surface area contributed by atoms with Gasteiger partial charge in [0.15, 0.2) is 5.65 Å². The first-order chi connectivity index (χ1) is 10.3. The van der Waals surface area contributed by atoms with E-state index in [9.17, 15) is 0 Å². The summed E-state index contributed by atoms with van der Waals surface area (Å²) in [6.07, 6.45) is 3.45. The van der Waals surface area contributed by atoms with Crippen LogP contribution < -0.4 is 10.6 Å². The molecule has 0 unspecified atom stereocenters. The Kier molecular flexibility index (Phi) is 3.59. The molecule has 3 N–H and O–H groups in total. The van der Waals surface area contributed by atoms with E-state index in [0.29, 0.717) is 18.1 Å². The topological polar surface area (TPSA) is 104 Å². The summed E-state index contributed by atoms with van der Waals surface area (Å²) in [5.74, 6) is 2.04. The highest BCUT2D eigenvalue weighted by Gasteiger charge is 2.09. The highest BCUT2D eigenvalue weighted by atomic mass is 15.2. The van der Waals surface area contributed by atoms with Crippen LogP contribution in [0, 0.1) is 6.92 Å². The van der Waals surface area contributed by atoms with Crippen LogP contribution in [0.1, 0.15) is 18.4 Å². The molecule has 3 rings (SSSR count). The van der Waals surface area contributed by atoms with Gasteiger partial charge < -0.3 is 10.6 Å². The Bertz CT molecular complexity index is 751. The zero-order valence-corrected chi connectivity index (χ0v) is 11.9. The molecule has 3 heterocycles. The Balaban J connectivity index is 1.86. The molecule has 21 heavy (non-hydrogen) atoms. The van der Waals surface area contributed by atoms with Gasteiger partial charge in [0.1, 0.15) is 11.6 Å². The molecule has 0 aromatic carbocycles. The molecule has 0 aliphatic carbocycles. The SMILES string of the molecule is CCNc1nc(NCc2ccnc(C)n2)c2cn[nH]c2n1. The average Bonchev–Trinajstić information content (AvgIpc) is 2.93. The van der Waals surface area contributed by atoms with Crippen molar-refractivity contribution in [2.75, 3.05) is 17.2 Å². The van der Waals surface area contributed by atoms with Gasteiger partial charge in [-0.25, -0.2) is 9.97 Å². The molecule has 0 atom stereocenters. The maximum Gasteiger partial charge on any atom is 0.226 e. The van der Waals surface area contributed by atoms with E-state index in [1.54, 1.807) is 12.4 Å². The fourth-order valence-electron chi connectivity index (χ4n) is 1.98. The van der Waals surface area contributed by atoms with E-state index in [2.05, 4.69) is 40.8 Å². The average molecular weight is 284 g/mol. The molecule has 0 amide bonds. The number of hydrogen-bond donors (Lipinski definition) is 3. The van der Waals surface area contributed by atoms with E-state index in [-0.39, 0.29) is 0 Å². The second-order valence-electron chi connectivity index (χ2n) is 4.51. The molecule has 0 radical (unpaired) electrons. The van der Waals surface area contributed by atoms with Crippen molar-refractivity contribution in [3.05, 3.63) is 30.0 Å². The molecule has 0 spiro atoms. The minimum absolute atomic E-state index is 0.562. The van der Waals surface area contributed by atoms with E-state index < -0.39 is 0 Å². The summed E-state index contributed by atoms with van der Waals surface area (Å²) in [7, 11) is 0. The number of hydrogen-bond acceptors (Lipinski definition) is 7. The summed E-state index contributed by atoms with van der Waals surface area (Å²) in [6.45, 7) is 5.18. The van der Waals surface area contributed by atoms with Crippen LogP contribution in [0.3, 0.4) is 0 Å². The molecular formula is C13H16N8. The third-order valence-electron chi connectivity index (χ3n) is 2.92. The zero-order valence-electron chi connectivity index (χ0n) is 11.9. The Morgan fingerprint density at radius 3 is 2.90 bits per heavy atom. The lowest BCUT2D eigenvalue weighted by Crippen LogP contribution is -2.08. The second-order valence-corrected chi connectivity index (χ2v) is 4.51. The molecular weight excluding hydrogens is 268 g/mol. The first-order valence-electron chi connectivity index (χ1n) is 6.73. The van der Waals surface area contributed by atoms with E-state index >= 15 is 0 Å². The highest BCUT2D eigenvalue weighted by molar-refractivity contribution is 5.86. The molecule has 3 aromatic heterocycles. The van der Waals surface area contributed by atoms with Crippen LogP contribution in [0.4, 0.5) is 11.8 Å². The van der Waals surface area contributed by atoms with Crippen LogP contribution in [0.2, 0.25) is 0 Å². The first-order valence-corrected chi connectivity index (χ1v) is 6.73. The molecule has 0 saturated carbocycles. The number of nitrogens with one attached hydrogen (secondary N) is 3. The fraction of sp³-hybridized carbons (Fsp3) is 0.308. The number of rotatable bonds is 5. The summed E-state index contributed by atoms with van der Waals surface area (Å²) >= 11 is 0. The maximum atomic E-state index is 4.46. The number of aryl methyl sites for hydroxylation is 1. The quantitative estimate of drug-likeness (QED) is 0.652. The summed E-state index contributed by atoms with van der Waals surface area (Å²) in [5.41, 5.74) is 1.60. The van der Waals surface area contributed by atoms with Crippen LogP contribution in [0.5, 0.6) is 0 Å². The molecule has 0 aliphatic rings. The molecule has 0 aliphatic heterocycles. The second kappa shape index (κ2) is 5.70. The number of aromatic amines is 1. The minimum atomic E-state index is 0.562. The Hall–Kier alpha value is -2.77. The number of anilines is 2. The molecule has 0 bridgehead atoms. The largest absolute Gasteiger partial charge is 0.364 e. The number of aromatic nitrogens is 6. The lowest BCUT2D eigenvalue weighted by atomic mass is 10.3. The fourth-order valence-corrected chi connectivity index (χ4v) is 1.98. The first kappa shape index (κ1) is 13.2. The third-order valence-corrected chi connectivity index (χ3v) is 2.92. The maximum absolute atomic E-state index is 4.46. The van der Waals surface area contributed by atoms with Gasteiger partial charge in [0, 0.05) is 12.7 Å². The van der Waals surface area contributed by atoms with Crippen LogP contribution in [-0.4, -0.2) is 36.7 Å². The van der Waals surface area contributed by atoms with Crippen LogP contribution >= 0.6 is 0 Å². The summed E-state index contributed by atoms with van der Waals surface area (Å²) in [5, 5.41) is 14.1. The Labute approximate surface area is 121 Å². The van der Waals surface area contributed by atoms with E-state index in [4.69, 9.17) is 0 Å². The number of H-pyrrole nitrogens is 1. The van der Waals surface area contributed by atoms with Crippen molar-refractivity contribution in [2.24, 2.45) is 0 Å². The summed E-state index contributed by atoms with van der Waals surface area (Å²) < 4.78 is 0. The molecule has 108 valence electrons. The van der Waals surface area contributed by atoms with Crippen molar-refractivity contribution in [2.45, 2.75) is 20.4 Å². The predicted octanol–water partition coefficient (Wildman–Crippen LogP) is 1.50. The predicted molar refractivity (Wildman–Crippen MR) is 79.9 cm³/mol. The van der Waals surface area contributed by atoms with E-state index in [0.717, 1.165) is 29.3 Å². The smallest absolute Gasteiger partial charge is 0.226 e. The van der Waals surface area contributed by atoms with Gasteiger partial charge in [0.25, 0.3) is 0 Å². The third kappa shape index (κ3) is 2.88. The number of nitrogens with zero attached hydrogens (tertiary/aromatic N) is 5. The van der Waals surface area contributed by atoms with Crippen molar-refractivity contribution in [1.29, 1.82) is 0 Å². The molecule has 3 aromatic rings. The van der Waals surface area contributed by atoms with Gasteiger partial charge in [-0.15, -0.1) is 0 Å². The number of fused-ring (bicyclic) bond motifs is 1. The van der Waals surface area contributed by atoms with Crippen molar-refractivity contribution in [3.8, 4) is 0 Å². The van der Waals surface area contributed by atoms with Gasteiger partial charge in [-0.2, -0.15) is 15.1 Å². The summed E-state index contributed by atoms with van der Waals surface area (Å²) in [6, 6.07) is 1.87. The van der Waals surface area contributed by atoms with Gasteiger partial charge in [0.2, 0.25) is 5.95 Å². The standard InChI is InChI=1S/C13H16N8/c1-3-14-13-19-11(10-7-17-21-12(10)20-13)16-6-9-4-5-15-8(2)18-9/h4-5,7H,3,6H2,1-2H3,(H3,14,16,17,19,20,21). The van der Waals surface area contributed by atoms with Crippen LogP contribution in [0.25, 0.3) is 11.0 Å². The van der Waals surface area contributed by atoms with Crippen LogP contribution in [-0.2, 0) is 6.54 Å². The normalized spacial score (nSPS) is 10.8. The van der Waals surface area contributed by atoms with Gasteiger partial charge in [-0.05, 0) is 19.9 Å². The van der Waals surface area contributed by atoms with Crippen molar-refractivity contribution in [1.82, 2.24) is 30.1 Å². The molecule has 0 fully saturated rings. The van der Waals surface area contributed by atoms with Gasteiger partial charge in [-0.3, -0.25) is 5.10 Å². The lowest BCUT2D eigenvalue weighted by Gasteiger charge is -2.08. The van der Waals surface area contributed by atoms with Gasteiger partial charge in [-0.1, -0.05) is 0 Å². The Morgan fingerprint density at radius 1 is 1.19 bits per heavy atom. The Morgan fingerprint density at radius 2 is 2.10 bits per heavy atom. The van der Waals surface area contributed by atoms with Gasteiger partial charge in [0.05, 0.1) is 23.8 Å². The monoisotopic (exact) mass is 284 g/mol.